The molecule has 0 unspecified atom stereocenters. The number of carbonyl (C=O) groups is 1. The fourth-order valence-electron chi connectivity index (χ4n) is 2.97. The first-order valence-electron chi connectivity index (χ1n) is 7.92. The first kappa shape index (κ1) is 16.2. The summed E-state index contributed by atoms with van der Waals surface area (Å²) in [5.41, 5.74) is 4.88. The lowest BCUT2D eigenvalue weighted by atomic mass is 10.1. The molecule has 7 heteroatoms. The SMILES string of the molecule is Cc1cccc(-n2nc3c(c2NC(=O)c2cccs2)C[S@](=O)C3)c1C. The van der Waals surface area contributed by atoms with Gasteiger partial charge in [-0.05, 0) is 42.5 Å². The van der Waals surface area contributed by atoms with Crippen molar-refractivity contribution >= 4 is 33.9 Å². The number of hydrogen-bond donors (Lipinski definition) is 1. The molecule has 0 aliphatic carbocycles. The maximum Gasteiger partial charge on any atom is 0.266 e. The molecule has 5 nitrogen and oxygen atoms in total. The minimum absolute atomic E-state index is 0.165. The van der Waals surface area contributed by atoms with E-state index in [4.69, 9.17) is 0 Å². The number of rotatable bonds is 3. The highest BCUT2D eigenvalue weighted by Gasteiger charge is 2.29. The number of amides is 1. The van der Waals surface area contributed by atoms with Crippen molar-refractivity contribution in [2.24, 2.45) is 0 Å². The average molecular weight is 371 g/mol. The molecule has 25 heavy (non-hydrogen) atoms. The number of benzene rings is 1. The quantitative estimate of drug-likeness (QED) is 0.766. The summed E-state index contributed by atoms with van der Waals surface area (Å²) < 4.78 is 13.7. The van der Waals surface area contributed by atoms with Crippen LogP contribution < -0.4 is 5.32 Å². The predicted molar refractivity (Wildman–Crippen MR) is 101 cm³/mol. The van der Waals surface area contributed by atoms with E-state index in [1.54, 1.807) is 10.7 Å². The van der Waals surface area contributed by atoms with Crippen molar-refractivity contribution < 1.29 is 9.00 Å². The lowest BCUT2D eigenvalue weighted by Gasteiger charge is -2.13. The van der Waals surface area contributed by atoms with Crippen LogP contribution in [-0.2, 0) is 22.3 Å². The van der Waals surface area contributed by atoms with E-state index >= 15 is 0 Å². The maximum absolute atomic E-state index is 12.6. The summed E-state index contributed by atoms with van der Waals surface area (Å²) in [7, 11) is -0.949. The number of anilines is 1. The van der Waals surface area contributed by atoms with Gasteiger partial charge in [-0.2, -0.15) is 5.10 Å². The van der Waals surface area contributed by atoms with Gasteiger partial charge in [0.15, 0.2) is 0 Å². The molecular weight excluding hydrogens is 354 g/mol. The minimum Gasteiger partial charge on any atom is -0.305 e. The Hall–Kier alpha value is -2.25. The van der Waals surface area contributed by atoms with Crippen molar-refractivity contribution in [1.82, 2.24) is 9.78 Å². The summed E-state index contributed by atoms with van der Waals surface area (Å²) in [6, 6.07) is 9.66. The van der Waals surface area contributed by atoms with E-state index in [0.29, 0.717) is 22.2 Å². The second-order valence-corrected chi connectivity index (χ2v) is 8.47. The van der Waals surface area contributed by atoms with Gasteiger partial charge in [-0.3, -0.25) is 9.00 Å². The van der Waals surface area contributed by atoms with Crippen LogP contribution in [0.15, 0.2) is 35.7 Å². The van der Waals surface area contributed by atoms with Gasteiger partial charge in [0.2, 0.25) is 0 Å². The Balaban J connectivity index is 1.83. The molecule has 1 aliphatic heterocycles. The number of carbonyl (C=O) groups excluding carboxylic acids is 1. The Morgan fingerprint density at radius 1 is 1.24 bits per heavy atom. The second-order valence-electron chi connectivity index (χ2n) is 6.06. The number of fused-ring (bicyclic) bond motifs is 1. The zero-order valence-corrected chi connectivity index (χ0v) is 15.5. The third-order valence-electron chi connectivity index (χ3n) is 4.45. The molecule has 1 amide bonds. The zero-order valence-electron chi connectivity index (χ0n) is 13.9. The molecular formula is C18H17N3O2S2. The van der Waals surface area contributed by atoms with Gasteiger partial charge in [-0.1, -0.05) is 18.2 Å². The van der Waals surface area contributed by atoms with Crippen LogP contribution in [0.2, 0.25) is 0 Å². The van der Waals surface area contributed by atoms with Crippen LogP contribution in [0.1, 0.15) is 32.1 Å². The van der Waals surface area contributed by atoms with E-state index in [0.717, 1.165) is 28.1 Å². The fourth-order valence-corrected chi connectivity index (χ4v) is 4.86. The third-order valence-corrected chi connectivity index (χ3v) is 6.53. The average Bonchev–Trinajstić information content (AvgIpc) is 3.28. The summed E-state index contributed by atoms with van der Waals surface area (Å²) in [6.45, 7) is 4.09. The Morgan fingerprint density at radius 2 is 2.08 bits per heavy atom. The van der Waals surface area contributed by atoms with E-state index in [-0.39, 0.29) is 5.91 Å². The van der Waals surface area contributed by atoms with Crippen molar-refractivity contribution in [3.8, 4) is 5.69 Å². The number of aromatic nitrogens is 2. The Labute approximate surface area is 152 Å². The highest BCUT2D eigenvalue weighted by atomic mass is 32.2. The van der Waals surface area contributed by atoms with Crippen LogP contribution in [0.3, 0.4) is 0 Å². The van der Waals surface area contributed by atoms with Crippen molar-refractivity contribution in [2.75, 3.05) is 5.32 Å². The lowest BCUT2D eigenvalue weighted by molar-refractivity contribution is 0.102. The zero-order chi connectivity index (χ0) is 17.6. The highest BCUT2D eigenvalue weighted by Crippen LogP contribution is 2.33. The molecule has 1 aromatic carbocycles. The Bertz CT molecular complexity index is 990. The smallest absolute Gasteiger partial charge is 0.266 e. The number of thiophene rings is 1. The molecule has 4 rings (SSSR count). The van der Waals surface area contributed by atoms with Gasteiger partial charge in [0.1, 0.15) is 5.82 Å². The normalized spacial score (nSPS) is 16.0. The molecule has 0 radical (unpaired) electrons. The maximum atomic E-state index is 12.6. The topological polar surface area (TPSA) is 64.0 Å². The Morgan fingerprint density at radius 3 is 2.84 bits per heavy atom. The molecule has 1 aliphatic rings. The molecule has 3 heterocycles. The van der Waals surface area contributed by atoms with Crippen LogP contribution in [0.25, 0.3) is 5.69 Å². The fraction of sp³-hybridized carbons (Fsp3) is 0.222. The van der Waals surface area contributed by atoms with Crippen molar-refractivity contribution in [1.29, 1.82) is 0 Å². The molecule has 0 saturated heterocycles. The van der Waals surface area contributed by atoms with Gasteiger partial charge in [-0.25, -0.2) is 4.68 Å². The minimum atomic E-state index is -0.949. The molecule has 1 atom stereocenters. The van der Waals surface area contributed by atoms with Crippen molar-refractivity contribution in [3.63, 3.8) is 0 Å². The van der Waals surface area contributed by atoms with Gasteiger partial charge in [0.05, 0.1) is 27.8 Å². The predicted octanol–water partition coefficient (Wildman–Crippen LogP) is 3.57. The van der Waals surface area contributed by atoms with Gasteiger partial charge in [-0.15, -0.1) is 11.3 Å². The van der Waals surface area contributed by atoms with E-state index in [9.17, 15) is 9.00 Å². The molecule has 0 saturated carbocycles. The standard InChI is InChI=1S/C18H17N3O2S2/c1-11-5-3-6-15(12(11)2)21-17(13-9-25(23)10-14(13)20-21)19-18(22)16-7-4-8-24-16/h3-8H,9-10H2,1-2H3,(H,19,22)/t25-/m0/s1. The molecule has 0 fully saturated rings. The molecule has 128 valence electrons. The molecule has 3 aromatic rings. The first-order chi connectivity index (χ1) is 12.0. The summed E-state index contributed by atoms with van der Waals surface area (Å²) in [6.07, 6.45) is 0. The van der Waals surface area contributed by atoms with Gasteiger partial charge >= 0.3 is 0 Å². The Kier molecular flexibility index (Phi) is 4.05. The summed E-state index contributed by atoms with van der Waals surface area (Å²) in [5, 5.41) is 9.53. The summed E-state index contributed by atoms with van der Waals surface area (Å²) in [5.74, 6) is 1.34. The molecule has 2 aromatic heterocycles. The van der Waals surface area contributed by atoms with Gasteiger partial charge in [0, 0.05) is 16.4 Å². The lowest BCUT2D eigenvalue weighted by Crippen LogP contribution is -2.16. The summed E-state index contributed by atoms with van der Waals surface area (Å²) >= 11 is 1.39. The largest absolute Gasteiger partial charge is 0.305 e. The van der Waals surface area contributed by atoms with Crippen molar-refractivity contribution in [2.45, 2.75) is 25.4 Å². The van der Waals surface area contributed by atoms with Crippen molar-refractivity contribution in [3.05, 3.63) is 63.0 Å². The van der Waals surface area contributed by atoms with E-state index < -0.39 is 10.8 Å². The third kappa shape index (κ3) is 2.83. The van der Waals surface area contributed by atoms with Gasteiger partial charge < -0.3 is 5.32 Å². The second kappa shape index (κ2) is 6.24. The molecule has 1 N–H and O–H groups in total. The van der Waals surface area contributed by atoms with Crippen LogP contribution in [-0.4, -0.2) is 19.9 Å². The number of aryl methyl sites for hydroxylation is 1. The number of nitrogens with zero attached hydrogens (tertiary/aromatic N) is 2. The molecule has 0 bridgehead atoms. The van der Waals surface area contributed by atoms with Gasteiger partial charge in [0.25, 0.3) is 5.91 Å². The van der Waals surface area contributed by atoms with E-state index in [1.807, 2.05) is 30.5 Å². The monoisotopic (exact) mass is 371 g/mol. The van der Waals surface area contributed by atoms with E-state index in [2.05, 4.69) is 23.4 Å². The number of hydrogen-bond acceptors (Lipinski definition) is 4. The summed E-state index contributed by atoms with van der Waals surface area (Å²) in [4.78, 5) is 13.2. The van der Waals surface area contributed by atoms with Crippen LogP contribution in [0.5, 0.6) is 0 Å². The van der Waals surface area contributed by atoms with Crippen LogP contribution in [0.4, 0.5) is 5.82 Å². The van der Waals surface area contributed by atoms with Crippen LogP contribution in [0, 0.1) is 13.8 Å². The highest BCUT2D eigenvalue weighted by molar-refractivity contribution is 7.83. The molecule has 0 spiro atoms. The van der Waals surface area contributed by atoms with Crippen LogP contribution >= 0.6 is 11.3 Å². The van der Waals surface area contributed by atoms with E-state index in [1.165, 1.54) is 11.3 Å². The first-order valence-corrected chi connectivity index (χ1v) is 10.3. The number of nitrogens with one attached hydrogen (secondary N) is 1.